The van der Waals surface area contributed by atoms with Crippen molar-refractivity contribution in [3.63, 3.8) is 0 Å². The number of rotatable bonds is 4. The fraction of sp³-hybridized carbons (Fsp3) is 0.222. The molecule has 2 aromatic carbocycles. The predicted molar refractivity (Wildman–Crippen MR) is 83.2 cm³/mol. The van der Waals surface area contributed by atoms with Gasteiger partial charge in [-0.1, -0.05) is 37.6 Å². The van der Waals surface area contributed by atoms with Gasteiger partial charge < -0.3 is 10.2 Å². The molecule has 0 saturated carbocycles. The van der Waals surface area contributed by atoms with Gasteiger partial charge in [-0.05, 0) is 24.0 Å². The summed E-state index contributed by atoms with van der Waals surface area (Å²) in [5, 5.41) is 38.3. The Morgan fingerprint density at radius 2 is 1.82 bits per heavy atom. The number of phenols is 2. The summed E-state index contributed by atoms with van der Waals surface area (Å²) in [7, 11) is 0. The Morgan fingerprint density at radius 1 is 1.09 bits per heavy atom. The number of phenolic OH excluding ortho intramolecular Hbond substituents is 2. The first-order valence-electron chi connectivity index (χ1n) is 7.11. The van der Waals surface area contributed by atoms with E-state index in [0.717, 1.165) is 30.4 Å². The molecule has 0 unspecified atom stereocenters. The molecule has 0 aliphatic carbocycles. The summed E-state index contributed by atoms with van der Waals surface area (Å²) in [6.45, 7) is 2.09. The largest absolute Gasteiger partial charge is 0.504 e. The second kappa shape index (κ2) is 6.65. The van der Waals surface area contributed by atoms with Gasteiger partial charge in [-0.3, -0.25) is 0 Å². The standard InChI is InChI=1S/C18H16N2O2/c1-2-3-6-12-7-4-5-8-14(12)17-13(10-19)9-16(21)18(22)15(17)11-20/h4-5,7-9,21-22H,2-3,6H2,1H3. The molecular formula is C18H16N2O2. The highest BCUT2D eigenvalue weighted by molar-refractivity contribution is 5.82. The zero-order chi connectivity index (χ0) is 16.1. The quantitative estimate of drug-likeness (QED) is 0.838. The third kappa shape index (κ3) is 2.73. The van der Waals surface area contributed by atoms with Crippen LogP contribution in [0, 0.1) is 22.7 Å². The van der Waals surface area contributed by atoms with Gasteiger partial charge in [0.25, 0.3) is 0 Å². The molecular weight excluding hydrogens is 276 g/mol. The Kier molecular flexibility index (Phi) is 4.66. The van der Waals surface area contributed by atoms with Crippen LogP contribution in [0.4, 0.5) is 0 Å². The molecule has 0 radical (unpaired) electrons. The van der Waals surface area contributed by atoms with E-state index in [4.69, 9.17) is 0 Å². The van der Waals surface area contributed by atoms with Crippen LogP contribution < -0.4 is 0 Å². The molecule has 2 N–H and O–H groups in total. The monoisotopic (exact) mass is 292 g/mol. The van der Waals surface area contributed by atoms with Gasteiger partial charge in [0.2, 0.25) is 0 Å². The molecule has 0 saturated heterocycles. The number of nitriles is 2. The molecule has 0 bridgehead atoms. The van der Waals surface area contributed by atoms with Crippen LogP contribution in [0.3, 0.4) is 0 Å². The molecule has 110 valence electrons. The van der Waals surface area contributed by atoms with E-state index >= 15 is 0 Å². The van der Waals surface area contributed by atoms with Crippen molar-refractivity contribution >= 4 is 0 Å². The van der Waals surface area contributed by atoms with Crippen LogP contribution in [-0.2, 0) is 6.42 Å². The minimum atomic E-state index is -0.484. The number of aromatic hydroxyl groups is 2. The Labute approximate surface area is 129 Å². The normalized spacial score (nSPS) is 9.95. The third-order valence-electron chi connectivity index (χ3n) is 3.60. The molecule has 0 spiro atoms. The predicted octanol–water partition coefficient (Wildman–Crippen LogP) is 3.85. The zero-order valence-corrected chi connectivity index (χ0v) is 12.3. The molecule has 22 heavy (non-hydrogen) atoms. The molecule has 4 nitrogen and oxygen atoms in total. The van der Waals surface area contributed by atoms with Crippen molar-refractivity contribution in [2.75, 3.05) is 0 Å². The topological polar surface area (TPSA) is 88.0 Å². The van der Waals surface area contributed by atoms with Crippen molar-refractivity contribution in [2.24, 2.45) is 0 Å². The smallest absolute Gasteiger partial charge is 0.176 e. The van der Waals surface area contributed by atoms with E-state index in [1.807, 2.05) is 36.4 Å². The number of nitrogens with zero attached hydrogens (tertiary/aromatic N) is 2. The average molecular weight is 292 g/mol. The first-order valence-corrected chi connectivity index (χ1v) is 7.11. The van der Waals surface area contributed by atoms with E-state index in [9.17, 15) is 20.7 Å². The van der Waals surface area contributed by atoms with Crippen LogP contribution in [0.5, 0.6) is 11.5 Å². The Hall–Kier alpha value is -2.98. The highest BCUT2D eigenvalue weighted by Crippen LogP contribution is 2.40. The van der Waals surface area contributed by atoms with Gasteiger partial charge in [0.05, 0.1) is 11.6 Å². The molecule has 2 aromatic rings. The maximum Gasteiger partial charge on any atom is 0.176 e. The maximum absolute atomic E-state index is 9.94. The van der Waals surface area contributed by atoms with Gasteiger partial charge in [-0.2, -0.15) is 10.5 Å². The van der Waals surface area contributed by atoms with Crippen molar-refractivity contribution in [1.29, 1.82) is 10.5 Å². The molecule has 2 rings (SSSR count). The first kappa shape index (κ1) is 15.4. The van der Waals surface area contributed by atoms with Gasteiger partial charge in [-0.25, -0.2) is 0 Å². The van der Waals surface area contributed by atoms with Crippen molar-refractivity contribution < 1.29 is 10.2 Å². The van der Waals surface area contributed by atoms with Gasteiger partial charge in [-0.15, -0.1) is 0 Å². The second-order valence-corrected chi connectivity index (χ2v) is 5.03. The SMILES string of the molecule is CCCCc1ccccc1-c1c(C#N)cc(O)c(O)c1C#N. The van der Waals surface area contributed by atoms with Crippen LogP contribution in [0.2, 0.25) is 0 Å². The lowest BCUT2D eigenvalue weighted by Crippen LogP contribution is -1.96. The summed E-state index contributed by atoms with van der Waals surface area (Å²) in [4.78, 5) is 0. The van der Waals surface area contributed by atoms with Gasteiger partial charge in [0.15, 0.2) is 11.5 Å². The molecule has 0 aliphatic rings. The number of hydrogen-bond donors (Lipinski definition) is 2. The molecule has 0 aliphatic heterocycles. The molecule has 0 amide bonds. The third-order valence-corrected chi connectivity index (χ3v) is 3.60. The molecule has 4 heteroatoms. The lowest BCUT2D eigenvalue weighted by molar-refractivity contribution is 0.402. The number of aryl methyl sites for hydroxylation is 1. The lowest BCUT2D eigenvalue weighted by Gasteiger charge is -2.14. The summed E-state index contributed by atoms with van der Waals surface area (Å²) < 4.78 is 0. The van der Waals surface area contributed by atoms with E-state index in [1.54, 1.807) is 0 Å². The zero-order valence-electron chi connectivity index (χ0n) is 12.3. The van der Waals surface area contributed by atoms with Gasteiger partial charge in [0.1, 0.15) is 11.6 Å². The molecule has 0 aromatic heterocycles. The summed E-state index contributed by atoms with van der Waals surface area (Å²) in [5.74, 6) is -0.940. The van der Waals surface area contributed by atoms with Crippen molar-refractivity contribution in [3.05, 3.63) is 47.0 Å². The fourth-order valence-electron chi connectivity index (χ4n) is 2.48. The van der Waals surface area contributed by atoms with Crippen molar-refractivity contribution in [2.45, 2.75) is 26.2 Å². The highest BCUT2D eigenvalue weighted by atomic mass is 16.3. The molecule has 0 fully saturated rings. The summed E-state index contributed by atoms with van der Waals surface area (Å²) in [5.41, 5.74) is 2.25. The number of benzene rings is 2. The fourth-order valence-corrected chi connectivity index (χ4v) is 2.48. The molecule has 0 atom stereocenters. The van der Waals surface area contributed by atoms with Crippen LogP contribution in [-0.4, -0.2) is 10.2 Å². The van der Waals surface area contributed by atoms with Crippen LogP contribution in [0.1, 0.15) is 36.5 Å². The second-order valence-electron chi connectivity index (χ2n) is 5.03. The molecule has 0 heterocycles. The summed E-state index contributed by atoms with van der Waals surface area (Å²) >= 11 is 0. The Morgan fingerprint density at radius 3 is 2.45 bits per heavy atom. The van der Waals surface area contributed by atoms with E-state index < -0.39 is 11.5 Å². The Bertz CT molecular complexity index is 783. The number of unbranched alkanes of at least 4 members (excludes halogenated alkanes) is 1. The van der Waals surface area contributed by atoms with E-state index in [2.05, 4.69) is 6.92 Å². The van der Waals surface area contributed by atoms with Crippen molar-refractivity contribution in [1.82, 2.24) is 0 Å². The van der Waals surface area contributed by atoms with E-state index in [1.165, 1.54) is 6.07 Å². The minimum absolute atomic E-state index is 0.0690. The van der Waals surface area contributed by atoms with Crippen LogP contribution >= 0.6 is 0 Å². The number of hydrogen-bond acceptors (Lipinski definition) is 4. The van der Waals surface area contributed by atoms with Crippen molar-refractivity contribution in [3.8, 4) is 34.8 Å². The summed E-state index contributed by atoms with van der Waals surface area (Å²) in [6.07, 6.45) is 2.85. The van der Waals surface area contributed by atoms with Gasteiger partial charge >= 0.3 is 0 Å². The highest BCUT2D eigenvalue weighted by Gasteiger charge is 2.20. The summed E-state index contributed by atoms with van der Waals surface area (Å²) in [6, 6.07) is 12.6. The van der Waals surface area contributed by atoms with Gasteiger partial charge in [0, 0.05) is 11.6 Å². The lowest BCUT2D eigenvalue weighted by atomic mass is 9.89. The maximum atomic E-state index is 9.94. The van der Waals surface area contributed by atoms with Crippen LogP contribution in [0.15, 0.2) is 30.3 Å². The van der Waals surface area contributed by atoms with Crippen LogP contribution in [0.25, 0.3) is 11.1 Å². The minimum Gasteiger partial charge on any atom is -0.504 e. The average Bonchev–Trinajstić information content (AvgIpc) is 2.55. The Balaban J connectivity index is 2.76. The van der Waals surface area contributed by atoms with E-state index in [-0.39, 0.29) is 11.1 Å². The first-order chi connectivity index (χ1) is 10.6. The van der Waals surface area contributed by atoms with E-state index in [0.29, 0.717) is 5.56 Å².